The lowest BCUT2D eigenvalue weighted by atomic mass is 10.1. The third-order valence-electron chi connectivity index (χ3n) is 2.58. The molecule has 0 aliphatic heterocycles. The van der Waals surface area contributed by atoms with E-state index in [1.54, 1.807) is 6.20 Å². The standard InChI is InChI=1S/C11H12BrCl2N3S/c1-2-3-17-10(7(12)5-16-17)9(15)6-4-8(13)18-11(6)14/h4-5,9H,2-3,15H2,1H3. The molecule has 1 atom stereocenters. The molecular formula is C11H12BrCl2N3S. The quantitative estimate of drug-likeness (QED) is 0.864. The molecule has 0 aliphatic carbocycles. The van der Waals surface area contributed by atoms with E-state index in [0.29, 0.717) is 8.67 Å². The van der Waals surface area contributed by atoms with E-state index in [1.807, 2.05) is 10.7 Å². The van der Waals surface area contributed by atoms with Crippen LogP contribution < -0.4 is 5.73 Å². The Kier molecular flexibility index (Phi) is 4.72. The van der Waals surface area contributed by atoms with Crippen LogP contribution in [0.1, 0.15) is 30.6 Å². The van der Waals surface area contributed by atoms with Crippen molar-refractivity contribution >= 4 is 50.5 Å². The Hall–Kier alpha value is -0.0700. The normalized spacial score (nSPS) is 12.9. The molecule has 2 rings (SSSR count). The Morgan fingerprint density at radius 2 is 2.28 bits per heavy atom. The fourth-order valence-corrected chi connectivity index (χ4v) is 3.88. The van der Waals surface area contributed by atoms with Crippen LogP contribution in [0.5, 0.6) is 0 Å². The first-order chi connectivity index (χ1) is 8.54. The maximum atomic E-state index is 6.28. The van der Waals surface area contributed by atoms with Crippen LogP contribution in [0.15, 0.2) is 16.7 Å². The van der Waals surface area contributed by atoms with Gasteiger partial charge in [-0.15, -0.1) is 11.3 Å². The molecule has 98 valence electrons. The number of thiophene rings is 1. The Morgan fingerprint density at radius 3 is 2.83 bits per heavy atom. The van der Waals surface area contributed by atoms with Crippen molar-refractivity contribution in [2.24, 2.45) is 5.73 Å². The van der Waals surface area contributed by atoms with Crippen LogP contribution in [0.3, 0.4) is 0 Å². The summed E-state index contributed by atoms with van der Waals surface area (Å²) in [6, 6.07) is 1.49. The molecule has 3 nitrogen and oxygen atoms in total. The van der Waals surface area contributed by atoms with Gasteiger partial charge < -0.3 is 5.73 Å². The monoisotopic (exact) mass is 367 g/mol. The molecule has 0 bridgehead atoms. The fourth-order valence-electron chi connectivity index (χ4n) is 1.78. The Morgan fingerprint density at radius 1 is 1.56 bits per heavy atom. The van der Waals surface area contributed by atoms with Crippen molar-refractivity contribution in [3.05, 3.63) is 36.7 Å². The van der Waals surface area contributed by atoms with Crippen molar-refractivity contribution in [1.82, 2.24) is 9.78 Å². The average Bonchev–Trinajstić information content (AvgIpc) is 2.82. The highest BCUT2D eigenvalue weighted by atomic mass is 79.9. The van der Waals surface area contributed by atoms with E-state index in [9.17, 15) is 0 Å². The summed E-state index contributed by atoms with van der Waals surface area (Å²) in [5.41, 5.74) is 8.04. The summed E-state index contributed by atoms with van der Waals surface area (Å²) in [7, 11) is 0. The minimum absolute atomic E-state index is 0.329. The number of nitrogens with zero attached hydrogens (tertiary/aromatic N) is 2. The van der Waals surface area contributed by atoms with Gasteiger partial charge in [-0.3, -0.25) is 4.68 Å². The molecule has 0 saturated heterocycles. The van der Waals surface area contributed by atoms with Crippen LogP contribution in [-0.4, -0.2) is 9.78 Å². The van der Waals surface area contributed by atoms with E-state index in [-0.39, 0.29) is 6.04 Å². The number of halogens is 3. The summed E-state index contributed by atoms with van der Waals surface area (Å²) in [5, 5.41) is 4.31. The predicted molar refractivity (Wildman–Crippen MR) is 80.6 cm³/mol. The van der Waals surface area contributed by atoms with E-state index in [4.69, 9.17) is 28.9 Å². The maximum Gasteiger partial charge on any atom is 0.0995 e. The van der Waals surface area contributed by atoms with Crippen LogP contribution in [0.4, 0.5) is 0 Å². The molecule has 18 heavy (non-hydrogen) atoms. The molecule has 2 heterocycles. The first-order valence-corrected chi connectivity index (χ1v) is 7.82. The van der Waals surface area contributed by atoms with Crippen LogP contribution in [-0.2, 0) is 6.54 Å². The highest BCUT2D eigenvalue weighted by Crippen LogP contribution is 2.38. The number of aryl methyl sites for hydroxylation is 1. The van der Waals surface area contributed by atoms with Crippen molar-refractivity contribution in [3.8, 4) is 0 Å². The van der Waals surface area contributed by atoms with Crippen LogP contribution in [0.2, 0.25) is 8.67 Å². The third kappa shape index (κ3) is 2.75. The van der Waals surface area contributed by atoms with Gasteiger partial charge in [0.15, 0.2) is 0 Å². The second kappa shape index (κ2) is 5.92. The Balaban J connectivity index is 2.42. The molecule has 0 fully saturated rings. The molecular weight excluding hydrogens is 357 g/mol. The van der Waals surface area contributed by atoms with Gasteiger partial charge in [-0.05, 0) is 28.4 Å². The molecule has 0 aliphatic rings. The number of hydrogen-bond acceptors (Lipinski definition) is 3. The van der Waals surface area contributed by atoms with E-state index < -0.39 is 0 Å². The van der Waals surface area contributed by atoms with E-state index in [0.717, 1.165) is 28.7 Å². The molecule has 0 radical (unpaired) electrons. The lowest BCUT2D eigenvalue weighted by Crippen LogP contribution is -2.18. The molecule has 0 aromatic carbocycles. The first-order valence-electron chi connectivity index (χ1n) is 5.46. The van der Waals surface area contributed by atoms with Gasteiger partial charge in [0.1, 0.15) is 0 Å². The smallest absolute Gasteiger partial charge is 0.0995 e. The predicted octanol–water partition coefficient (Wildman–Crippen LogP) is 4.47. The van der Waals surface area contributed by atoms with Crippen molar-refractivity contribution in [2.75, 3.05) is 0 Å². The van der Waals surface area contributed by atoms with Gasteiger partial charge in [-0.2, -0.15) is 5.10 Å². The second-order valence-electron chi connectivity index (χ2n) is 3.86. The zero-order chi connectivity index (χ0) is 13.3. The summed E-state index contributed by atoms with van der Waals surface area (Å²) < 4.78 is 4.06. The number of nitrogens with two attached hydrogens (primary N) is 1. The summed E-state index contributed by atoms with van der Waals surface area (Å²) in [6.45, 7) is 2.92. The Labute approximate surface area is 128 Å². The molecule has 1 unspecified atom stereocenters. The van der Waals surface area contributed by atoms with Crippen molar-refractivity contribution < 1.29 is 0 Å². The highest BCUT2D eigenvalue weighted by molar-refractivity contribution is 9.10. The van der Waals surface area contributed by atoms with Crippen LogP contribution in [0, 0.1) is 0 Å². The van der Waals surface area contributed by atoms with Gasteiger partial charge in [0.2, 0.25) is 0 Å². The van der Waals surface area contributed by atoms with Gasteiger partial charge in [0, 0.05) is 12.1 Å². The number of hydrogen-bond donors (Lipinski definition) is 1. The Bertz CT molecular complexity index is 552. The second-order valence-corrected chi connectivity index (χ2v) is 7.00. The summed E-state index contributed by atoms with van der Waals surface area (Å²) >= 11 is 16.9. The molecule has 0 saturated carbocycles. The van der Waals surface area contributed by atoms with Crippen LogP contribution >= 0.6 is 50.5 Å². The topological polar surface area (TPSA) is 43.8 Å². The van der Waals surface area contributed by atoms with E-state index >= 15 is 0 Å². The highest BCUT2D eigenvalue weighted by Gasteiger charge is 2.22. The SMILES string of the molecule is CCCn1ncc(Br)c1C(N)c1cc(Cl)sc1Cl. The van der Waals surface area contributed by atoms with Gasteiger partial charge in [-0.1, -0.05) is 30.1 Å². The lowest BCUT2D eigenvalue weighted by Gasteiger charge is -2.14. The molecule has 0 spiro atoms. The zero-order valence-electron chi connectivity index (χ0n) is 9.66. The summed E-state index contributed by atoms with van der Waals surface area (Å²) in [6.07, 6.45) is 2.75. The largest absolute Gasteiger partial charge is 0.319 e. The van der Waals surface area contributed by atoms with Crippen molar-refractivity contribution in [3.63, 3.8) is 0 Å². The van der Waals surface area contributed by atoms with Gasteiger partial charge in [-0.25, -0.2) is 0 Å². The van der Waals surface area contributed by atoms with Gasteiger partial charge >= 0.3 is 0 Å². The minimum atomic E-state index is -0.329. The van der Waals surface area contributed by atoms with E-state index in [2.05, 4.69) is 28.0 Å². The lowest BCUT2D eigenvalue weighted by molar-refractivity contribution is 0.559. The van der Waals surface area contributed by atoms with E-state index in [1.165, 1.54) is 11.3 Å². The van der Waals surface area contributed by atoms with Crippen molar-refractivity contribution in [2.45, 2.75) is 25.9 Å². The average molecular weight is 369 g/mol. The number of aromatic nitrogens is 2. The first kappa shape index (κ1) is 14.3. The molecule has 2 aromatic rings. The third-order valence-corrected chi connectivity index (χ3v) is 4.71. The van der Waals surface area contributed by atoms with Crippen molar-refractivity contribution in [1.29, 1.82) is 0 Å². The molecule has 2 aromatic heterocycles. The van der Waals surface area contributed by atoms with Gasteiger partial charge in [0.25, 0.3) is 0 Å². The summed E-state index contributed by atoms with van der Waals surface area (Å²) in [5.74, 6) is 0. The molecule has 2 N–H and O–H groups in total. The molecule has 7 heteroatoms. The minimum Gasteiger partial charge on any atom is -0.319 e. The maximum absolute atomic E-state index is 6.28. The number of rotatable bonds is 4. The van der Waals surface area contributed by atoms with Gasteiger partial charge in [0.05, 0.1) is 31.1 Å². The van der Waals surface area contributed by atoms with Crippen LogP contribution in [0.25, 0.3) is 0 Å². The fraction of sp³-hybridized carbons (Fsp3) is 0.364. The molecule has 0 amide bonds. The zero-order valence-corrected chi connectivity index (χ0v) is 13.6. The summed E-state index contributed by atoms with van der Waals surface area (Å²) in [4.78, 5) is 0.